The van der Waals surface area contributed by atoms with E-state index in [4.69, 9.17) is 60.1 Å². The van der Waals surface area contributed by atoms with E-state index in [1.54, 1.807) is 54.7 Å². The zero-order chi connectivity index (χ0) is 47.6. The topological polar surface area (TPSA) is 236 Å². The molecule has 3 N–H and O–H groups in total. The normalized spacial score (nSPS) is 12.6. The summed E-state index contributed by atoms with van der Waals surface area (Å²) in [6.07, 6.45) is 5.84. The molecular formula is C42H37Cl4N7O9S3. The molecule has 0 spiro atoms. The van der Waals surface area contributed by atoms with Crippen molar-refractivity contribution in [3.8, 4) is 5.75 Å². The summed E-state index contributed by atoms with van der Waals surface area (Å²) in [4.78, 5) is 16.1. The number of rotatable bonds is 5. The van der Waals surface area contributed by atoms with Crippen LogP contribution in [-0.2, 0) is 39.9 Å². The van der Waals surface area contributed by atoms with E-state index < -0.39 is 39.7 Å². The van der Waals surface area contributed by atoms with E-state index in [2.05, 4.69) is 19.9 Å². The van der Waals surface area contributed by atoms with Crippen LogP contribution in [0.25, 0.3) is 44.3 Å². The molecule has 23 heteroatoms. The van der Waals surface area contributed by atoms with Crippen molar-refractivity contribution in [2.75, 3.05) is 5.73 Å². The van der Waals surface area contributed by atoms with Crippen LogP contribution in [0.15, 0.2) is 121 Å². The number of aromatic nitrogens is 6. The summed E-state index contributed by atoms with van der Waals surface area (Å²) >= 11 is 18.1. The summed E-state index contributed by atoms with van der Waals surface area (Å²) in [5.41, 5.74) is 6.48. The third-order valence-corrected chi connectivity index (χ3v) is 15.5. The maximum Gasteiger partial charge on any atom is 0.274 e. The molecule has 0 saturated carbocycles. The minimum atomic E-state index is -4.11. The predicted octanol–water partition coefficient (Wildman–Crippen LogP) is 10.3. The Bertz CT molecular complexity index is 3670. The number of nitrogens with zero attached hydrogens (tertiary/aromatic N) is 6. The fraction of sp³-hybridized carbons (Fsp3) is 0.190. The molecule has 0 aliphatic carbocycles. The van der Waals surface area contributed by atoms with Gasteiger partial charge in [0.2, 0.25) is 11.8 Å². The molecular weight excluding hydrogens is 985 g/mol. The molecule has 9 rings (SSSR count). The number of pyridine rings is 2. The zero-order valence-electron chi connectivity index (χ0n) is 34.9. The van der Waals surface area contributed by atoms with E-state index in [0.717, 1.165) is 7.94 Å². The number of hydrogen-bond donors (Lipinski definition) is 2. The molecule has 0 amide bonds. The smallest absolute Gasteiger partial charge is 0.274 e. The molecule has 340 valence electrons. The van der Waals surface area contributed by atoms with Gasteiger partial charge in [-0.3, -0.25) is 0 Å². The molecule has 0 aliphatic heterocycles. The molecule has 0 radical (unpaired) electrons. The van der Waals surface area contributed by atoms with E-state index in [1.165, 1.54) is 42.9 Å². The Morgan fingerprint density at radius 3 is 1.43 bits per heavy atom. The molecule has 0 aliphatic rings. The number of halogens is 4. The van der Waals surface area contributed by atoms with Gasteiger partial charge in [0.05, 0.1) is 20.8 Å². The van der Waals surface area contributed by atoms with Gasteiger partial charge in [0.15, 0.2) is 38.0 Å². The Morgan fingerprint density at radius 1 is 0.585 bits per heavy atom. The first-order chi connectivity index (χ1) is 30.2. The second-order valence-electron chi connectivity index (χ2n) is 16.3. The first-order valence-electron chi connectivity index (χ1n) is 19.0. The summed E-state index contributed by atoms with van der Waals surface area (Å²) in [6.45, 7) is 11.6. The van der Waals surface area contributed by atoms with Gasteiger partial charge in [0.25, 0.3) is 29.1 Å². The van der Waals surface area contributed by atoms with Crippen molar-refractivity contribution >= 4 is 125 Å². The highest BCUT2D eigenvalue weighted by Crippen LogP contribution is 2.39. The average molecular weight is 1020 g/mol. The van der Waals surface area contributed by atoms with Crippen LogP contribution in [0.4, 0.5) is 5.69 Å². The Balaban J connectivity index is 0.000000148. The summed E-state index contributed by atoms with van der Waals surface area (Å²) in [5.74, 6) is 0.309. The molecule has 0 unspecified atom stereocenters. The Kier molecular flexibility index (Phi) is 12.5. The molecule has 65 heavy (non-hydrogen) atoms. The van der Waals surface area contributed by atoms with Crippen molar-refractivity contribution in [2.45, 2.75) is 67.1 Å². The van der Waals surface area contributed by atoms with Gasteiger partial charge in [0.1, 0.15) is 15.9 Å². The largest absolute Gasteiger partial charge is 0.504 e. The molecule has 3 aromatic carbocycles. The molecule has 6 heterocycles. The van der Waals surface area contributed by atoms with E-state index >= 15 is 0 Å². The third-order valence-electron chi connectivity index (χ3n) is 9.43. The number of anilines is 1. The second-order valence-corrected chi connectivity index (χ2v) is 23.5. The Morgan fingerprint density at radius 2 is 0.985 bits per heavy atom. The lowest BCUT2D eigenvalue weighted by Gasteiger charge is -2.12. The maximum absolute atomic E-state index is 13.4. The summed E-state index contributed by atoms with van der Waals surface area (Å²) in [6, 6.07) is 19.1. The number of benzene rings is 3. The number of oxazole rings is 2. The summed E-state index contributed by atoms with van der Waals surface area (Å²) in [5, 5.41) is 11.3. The minimum Gasteiger partial charge on any atom is -0.504 e. The number of nitrogen functional groups attached to an aromatic ring is 1. The van der Waals surface area contributed by atoms with E-state index in [9.17, 15) is 30.4 Å². The van der Waals surface area contributed by atoms with E-state index in [0.29, 0.717) is 39.2 Å². The van der Waals surface area contributed by atoms with Crippen molar-refractivity contribution < 1.29 is 39.2 Å². The average Bonchev–Trinajstić information content (AvgIpc) is 4.03. The maximum atomic E-state index is 13.4. The van der Waals surface area contributed by atoms with Gasteiger partial charge in [0, 0.05) is 57.1 Å². The molecule has 9 aromatic rings. The van der Waals surface area contributed by atoms with Crippen molar-refractivity contribution in [1.82, 2.24) is 27.9 Å². The van der Waals surface area contributed by atoms with Crippen molar-refractivity contribution in [1.29, 1.82) is 0 Å². The van der Waals surface area contributed by atoms with Crippen LogP contribution in [0.2, 0.25) is 15.1 Å². The highest BCUT2D eigenvalue weighted by Gasteiger charge is 2.31. The SMILES string of the molecule is CC(C)(C)c1nc2ccc(Cl)c(S(=O)(=O)Cl)c2o1.CC(C)(C)c1nc2ccc(Cl)c(S(=O)(=O)n3ccc4cccnc43)c2o1.Nc1ccc(Cl)c(S(=O)(=O)n2ccc3cccnc32)c1O. The monoisotopic (exact) mass is 1020 g/mol. The third kappa shape index (κ3) is 9.10. The van der Waals surface area contributed by atoms with Crippen LogP contribution >= 0.6 is 45.5 Å². The lowest BCUT2D eigenvalue weighted by atomic mass is 9.97. The summed E-state index contributed by atoms with van der Waals surface area (Å²) < 4.78 is 88.6. The fourth-order valence-electron chi connectivity index (χ4n) is 6.27. The van der Waals surface area contributed by atoms with Gasteiger partial charge in [-0.2, -0.15) is 0 Å². The van der Waals surface area contributed by atoms with Crippen molar-refractivity contribution in [2.24, 2.45) is 0 Å². The fourth-order valence-corrected chi connectivity index (χ4v) is 11.8. The lowest BCUT2D eigenvalue weighted by Crippen LogP contribution is -2.13. The Hall–Kier alpha value is -5.41. The first kappa shape index (κ1) is 47.5. The molecule has 0 atom stereocenters. The quantitative estimate of drug-likeness (QED) is 0.0927. The van der Waals surface area contributed by atoms with Crippen molar-refractivity contribution in [3.63, 3.8) is 0 Å². The van der Waals surface area contributed by atoms with Crippen molar-refractivity contribution in [3.05, 3.63) is 124 Å². The zero-order valence-corrected chi connectivity index (χ0v) is 40.4. The van der Waals surface area contributed by atoms with Crippen LogP contribution in [-0.4, -0.2) is 58.2 Å². The van der Waals surface area contributed by atoms with E-state index in [-0.39, 0.29) is 58.2 Å². The number of phenols is 1. The number of nitrogens with two attached hydrogens (primary N) is 1. The number of fused-ring (bicyclic) bond motifs is 4. The van der Waals surface area contributed by atoms with Crippen LogP contribution in [0.3, 0.4) is 0 Å². The molecule has 0 saturated heterocycles. The molecule has 0 bridgehead atoms. The van der Waals surface area contributed by atoms with Gasteiger partial charge < -0.3 is 19.7 Å². The predicted molar refractivity (Wildman–Crippen MR) is 251 cm³/mol. The lowest BCUT2D eigenvalue weighted by molar-refractivity contribution is 0.408. The summed E-state index contributed by atoms with van der Waals surface area (Å²) in [7, 11) is -6.76. The first-order valence-corrected chi connectivity index (χ1v) is 25.3. The standard InChI is InChI=1S/C18H16ClN3O3S.C13H10ClN3O3S.C11H11Cl2NO3S/c1-18(2,3)17-21-13-7-6-12(19)15(14(13)25-17)26(23,24)22-10-8-11-5-4-9-20-16(11)22;14-9-3-4-10(15)11(18)12(9)21(19,20)17-7-5-8-2-1-6-16-13(8)17;1-11(2,3)10-14-7-5-4-6(12)9(8(7)17-10)18(13,15)16/h4-10H,1-3H3;1-7,18H,15H2;4-5H,1-3H3. The van der Waals surface area contributed by atoms with E-state index in [1.807, 2.05) is 41.5 Å². The number of phenolic OH excluding ortho intramolecular Hbond substituents is 1. The number of aromatic hydroxyl groups is 1. The Labute approximate surface area is 392 Å². The highest BCUT2D eigenvalue weighted by atomic mass is 35.7. The van der Waals surface area contributed by atoms with Gasteiger partial charge >= 0.3 is 0 Å². The van der Waals surface area contributed by atoms with Crippen LogP contribution in [0, 0.1) is 0 Å². The van der Waals surface area contributed by atoms with Crippen LogP contribution in [0.1, 0.15) is 53.3 Å². The van der Waals surface area contributed by atoms with Gasteiger partial charge in [-0.15, -0.1) is 0 Å². The molecule has 6 aromatic heterocycles. The van der Waals surface area contributed by atoms with Gasteiger partial charge in [-0.1, -0.05) is 76.3 Å². The van der Waals surface area contributed by atoms with Gasteiger partial charge in [-0.25, -0.2) is 53.1 Å². The van der Waals surface area contributed by atoms with Crippen LogP contribution in [0.5, 0.6) is 5.75 Å². The molecule has 0 fully saturated rings. The minimum absolute atomic E-state index is 0.0223. The molecule has 16 nitrogen and oxygen atoms in total. The number of hydrogen-bond acceptors (Lipinski definition) is 14. The van der Waals surface area contributed by atoms with Crippen LogP contribution < -0.4 is 5.73 Å². The second kappa shape index (κ2) is 17.1. The van der Waals surface area contributed by atoms with Gasteiger partial charge in [-0.05, 0) is 72.8 Å². The highest BCUT2D eigenvalue weighted by molar-refractivity contribution is 8.14.